The molecule has 0 aromatic rings. The number of alkyl halides is 1. The molecular weight excluding hydrogens is 184 g/mol. The van der Waals surface area contributed by atoms with E-state index in [0.29, 0.717) is 12.3 Å². The normalized spacial score (nSPS) is 11.8. The van der Waals surface area contributed by atoms with Gasteiger partial charge in [0.1, 0.15) is 0 Å². The molecule has 0 aromatic heterocycles. The van der Waals surface area contributed by atoms with Crippen molar-refractivity contribution in [3.8, 4) is 0 Å². The van der Waals surface area contributed by atoms with Crippen LogP contribution in [-0.4, -0.2) is 26.2 Å². The number of halogens is 1. The summed E-state index contributed by atoms with van der Waals surface area (Å²) in [6, 6.07) is 0. The second-order valence-corrected chi connectivity index (χ2v) is 2.93. The van der Waals surface area contributed by atoms with Crippen LogP contribution in [0.5, 0.6) is 0 Å². The smallest absolute Gasteiger partial charge is 0.246 e. The highest BCUT2D eigenvalue weighted by molar-refractivity contribution is 7.81. The molecule has 0 aliphatic heterocycles. The molecule has 10 heavy (non-hydrogen) atoms. The number of hydrogen-bond acceptors (Lipinski definition) is 5. The Balaban J connectivity index is 3.49. The minimum absolute atomic E-state index is 0.0909. The standard InChI is InChI=1S/C3H7ClO5S/c4-2-1-3-8-10(6,7)9-5/h5H,1-3H2. The van der Waals surface area contributed by atoms with Crippen LogP contribution >= 0.6 is 11.6 Å². The molecule has 0 bridgehead atoms. The Morgan fingerprint density at radius 3 is 2.50 bits per heavy atom. The van der Waals surface area contributed by atoms with Gasteiger partial charge in [-0.1, -0.05) is 4.33 Å². The summed E-state index contributed by atoms with van der Waals surface area (Å²) >= 11 is 5.20. The van der Waals surface area contributed by atoms with E-state index in [1.165, 1.54) is 0 Å². The van der Waals surface area contributed by atoms with Crippen molar-refractivity contribution in [2.24, 2.45) is 0 Å². The molecule has 62 valence electrons. The van der Waals surface area contributed by atoms with Gasteiger partial charge in [-0.15, -0.1) is 11.6 Å². The van der Waals surface area contributed by atoms with Crippen molar-refractivity contribution in [1.29, 1.82) is 0 Å². The average molecular weight is 191 g/mol. The van der Waals surface area contributed by atoms with Crippen LogP contribution in [0.4, 0.5) is 0 Å². The zero-order chi connectivity index (χ0) is 8.04. The van der Waals surface area contributed by atoms with Crippen LogP contribution in [0.2, 0.25) is 0 Å². The first-order valence-electron chi connectivity index (χ1n) is 2.41. The maximum absolute atomic E-state index is 10.1. The molecule has 1 N–H and O–H groups in total. The Morgan fingerprint density at radius 2 is 2.10 bits per heavy atom. The Bertz CT molecular complexity index is 164. The van der Waals surface area contributed by atoms with Gasteiger partial charge in [0, 0.05) is 5.88 Å². The van der Waals surface area contributed by atoms with E-state index in [2.05, 4.69) is 8.52 Å². The third kappa shape index (κ3) is 4.95. The van der Waals surface area contributed by atoms with Gasteiger partial charge in [0.15, 0.2) is 0 Å². The summed E-state index contributed by atoms with van der Waals surface area (Å²) in [6.07, 6.45) is 0.379. The van der Waals surface area contributed by atoms with Gasteiger partial charge < -0.3 is 0 Å². The molecule has 0 fully saturated rings. The van der Waals surface area contributed by atoms with Gasteiger partial charge in [-0.2, -0.15) is 8.42 Å². The van der Waals surface area contributed by atoms with Gasteiger partial charge in [0.25, 0.3) is 0 Å². The fraction of sp³-hybridized carbons (Fsp3) is 1.00. The molecule has 0 atom stereocenters. The first kappa shape index (κ1) is 10.1. The van der Waals surface area contributed by atoms with Crippen molar-refractivity contribution < 1.29 is 22.2 Å². The highest BCUT2D eigenvalue weighted by Crippen LogP contribution is 1.94. The lowest BCUT2D eigenvalue weighted by molar-refractivity contribution is -0.142. The first-order valence-corrected chi connectivity index (χ1v) is 4.27. The Hall–Kier alpha value is 0.120. The first-order chi connectivity index (χ1) is 4.62. The van der Waals surface area contributed by atoms with E-state index in [0.717, 1.165) is 0 Å². The molecule has 5 nitrogen and oxygen atoms in total. The van der Waals surface area contributed by atoms with Crippen molar-refractivity contribution in [3.63, 3.8) is 0 Å². The molecular formula is C3H7ClO5S. The second-order valence-electron chi connectivity index (χ2n) is 1.35. The Morgan fingerprint density at radius 1 is 1.50 bits per heavy atom. The quantitative estimate of drug-likeness (QED) is 0.293. The lowest BCUT2D eigenvalue weighted by Crippen LogP contribution is -2.08. The van der Waals surface area contributed by atoms with E-state index in [9.17, 15) is 8.42 Å². The summed E-state index contributed by atoms with van der Waals surface area (Å²) in [4.78, 5) is 0. The topological polar surface area (TPSA) is 72.8 Å². The highest BCUT2D eigenvalue weighted by Gasteiger charge is 2.09. The van der Waals surface area contributed by atoms with Gasteiger partial charge in [-0.3, -0.25) is 0 Å². The van der Waals surface area contributed by atoms with Crippen LogP contribution < -0.4 is 0 Å². The van der Waals surface area contributed by atoms with Crippen LogP contribution in [0.3, 0.4) is 0 Å². The minimum Gasteiger partial charge on any atom is -0.246 e. The van der Waals surface area contributed by atoms with Crippen LogP contribution in [0.25, 0.3) is 0 Å². The predicted molar refractivity (Wildman–Crippen MR) is 33.9 cm³/mol. The van der Waals surface area contributed by atoms with E-state index in [1.54, 1.807) is 0 Å². The molecule has 0 aliphatic carbocycles. The van der Waals surface area contributed by atoms with Crippen molar-refractivity contribution in [3.05, 3.63) is 0 Å². The zero-order valence-corrected chi connectivity index (χ0v) is 6.56. The Labute approximate surface area is 63.8 Å². The molecule has 0 radical (unpaired) electrons. The summed E-state index contributed by atoms with van der Waals surface area (Å²) < 4.78 is 27.3. The fourth-order valence-electron chi connectivity index (χ4n) is 0.237. The molecule has 0 saturated heterocycles. The summed E-state index contributed by atoms with van der Waals surface area (Å²) in [7, 11) is -4.19. The van der Waals surface area contributed by atoms with Crippen molar-refractivity contribution >= 4 is 22.0 Å². The number of hydrogen-bond donors (Lipinski definition) is 1. The van der Waals surface area contributed by atoms with Gasteiger partial charge >= 0.3 is 10.4 Å². The van der Waals surface area contributed by atoms with Crippen LogP contribution in [-0.2, 0) is 18.9 Å². The average Bonchev–Trinajstić information content (AvgIpc) is 1.89. The summed E-state index contributed by atoms with van der Waals surface area (Å²) in [6.45, 7) is -0.0909. The van der Waals surface area contributed by atoms with Gasteiger partial charge in [-0.25, -0.2) is 9.44 Å². The minimum atomic E-state index is -4.19. The third-order valence-electron chi connectivity index (χ3n) is 0.597. The molecule has 0 aromatic carbocycles. The van der Waals surface area contributed by atoms with E-state index in [-0.39, 0.29) is 6.61 Å². The molecule has 7 heteroatoms. The van der Waals surface area contributed by atoms with Crippen LogP contribution in [0.15, 0.2) is 0 Å². The van der Waals surface area contributed by atoms with Gasteiger partial charge in [-0.05, 0) is 6.42 Å². The second kappa shape index (κ2) is 4.86. The van der Waals surface area contributed by atoms with Crippen LogP contribution in [0.1, 0.15) is 6.42 Å². The summed E-state index contributed by atoms with van der Waals surface area (Å²) in [5.41, 5.74) is 0. The molecule has 0 heterocycles. The maximum Gasteiger partial charge on any atom is 0.426 e. The van der Waals surface area contributed by atoms with Crippen molar-refractivity contribution in [2.45, 2.75) is 6.42 Å². The SMILES string of the molecule is O=S(=O)(OO)OCCCCl. The summed E-state index contributed by atoms with van der Waals surface area (Å²) in [5, 5.41) is 7.65. The molecule has 0 spiro atoms. The Kier molecular flexibility index (Phi) is 4.92. The van der Waals surface area contributed by atoms with E-state index in [1.807, 2.05) is 0 Å². The van der Waals surface area contributed by atoms with Crippen molar-refractivity contribution in [1.82, 2.24) is 0 Å². The molecule has 0 aliphatic rings. The molecule has 0 rings (SSSR count). The van der Waals surface area contributed by atoms with Gasteiger partial charge in [0.2, 0.25) is 0 Å². The molecule has 0 amide bonds. The fourth-order valence-corrected chi connectivity index (χ4v) is 0.711. The molecule has 0 saturated carbocycles. The van der Waals surface area contributed by atoms with E-state index >= 15 is 0 Å². The van der Waals surface area contributed by atoms with E-state index < -0.39 is 10.4 Å². The molecule has 0 unspecified atom stereocenters. The summed E-state index contributed by atoms with van der Waals surface area (Å²) in [5.74, 6) is 0.293. The maximum atomic E-state index is 10.1. The largest absolute Gasteiger partial charge is 0.426 e. The zero-order valence-electron chi connectivity index (χ0n) is 4.99. The lowest BCUT2D eigenvalue weighted by Gasteiger charge is -1.97. The van der Waals surface area contributed by atoms with Gasteiger partial charge in [0.05, 0.1) is 6.61 Å². The third-order valence-corrected chi connectivity index (χ3v) is 1.50. The monoisotopic (exact) mass is 190 g/mol. The number of rotatable bonds is 5. The predicted octanol–water partition coefficient (Wildman–Crippen LogP) is 0.366. The lowest BCUT2D eigenvalue weighted by atomic mass is 10.5. The highest BCUT2D eigenvalue weighted by atomic mass is 35.5. The van der Waals surface area contributed by atoms with Crippen molar-refractivity contribution in [2.75, 3.05) is 12.5 Å². The van der Waals surface area contributed by atoms with Crippen LogP contribution in [0, 0.1) is 0 Å². The van der Waals surface area contributed by atoms with E-state index in [4.69, 9.17) is 16.9 Å².